The number of esters is 1. The number of halogens is 1. The van der Waals surface area contributed by atoms with Crippen molar-refractivity contribution in [1.29, 1.82) is 0 Å². The number of amides is 1. The van der Waals surface area contributed by atoms with E-state index in [1.165, 1.54) is 19.2 Å². The van der Waals surface area contributed by atoms with Gasteiger partial charge >= 0.3 is 5.97 Å². The van der Waals surface area contributed by atoms with Gasteiger partial charge in [-0.05, 0) is 25.1 Å². The second-order valence-corrected chi connectivity index (χ2v) is 4.75. The van der Waals surface area contributed by atoms with Crippen LogP contribution in [0.25, 0.3) is 0 Å². The highest BCUT2D eigenvalue weighted by Gasteiger charge is 2.13. The largest absolute Gasteiger partial charge is 0.465 e. The van der Waals surface area contributed by atoms with Crippen LogP contribution in [0.15, 0.2) is 28.8 Å². The molecule has 0 aliphatic carbocycles. The number of methoxy groups -OCH3 is 1. The van der Waals surface area contributed by atoms with Gasteiger partial charge in [0.15, 0.2) is 0 Å². The number of ether oxygens (including phenoxy) is 1. The third-order valence-corrected chi connectivity index (χ3v) is 3.00. The van der Waals surface area contributed by atoms with E-state index in [2.05, 4.69) is 15.2 Å². The van der Waals surface area contributed by atoms with Gasteiger partial charge in [0.05, 0.1) is 29.8 Å². The first-order valence-corrected chi connectivity index (χ1v) is 6.47. The Kier molecular flexibility index (Phi) is 4.59. The number of nitrogens with one attached hydrogen (secondary N) is 1. The van der Waals surface area contributed by atoms with Crippen molar-refractivity contribution in [3.63, 3.8) is 0 Å². The monoisotopic (exact) mass is 308 g/mol. The molecule has 0 radical (unpaired) electrons. The minimum absolute atomic E-state index is 0.0769. The molecule has 21 heavy (non-hydrogen) atoms. The van der Waals surface area contributed by atoms with Crippen molar-refractivity contribution >= 4 is 29.2 Å². The summed E-state index contributed by atoms with van der Waals surface area (Å²) in [5, 5.41) is 6.66. The number of anilines is 1. The van der Waals surface area contributed by atoms with Gasteiger partial charge in [-0.3, -0.25) is 4.79 Å². The van der Waals surface area contributed by atoms with E-state index < -0.39 is 5.97 Å². The number of aromatic nitrogens is 1. The maximum absolute atomic E-state index is 11.9. The van der Waals surface area contributed by atoms with Crippen LogP contribution in [0.4, 0.5) is 5.69 Å². The molecular weight excluding hydrogens is 296 g/mol. The van der Waals surface area contributed by atoms with E-state index in [-0.39, 0.29) is 22.9 Å². The van der Waals surface area contributed by atoms with Crippen molar-refractivity contribution in [3.05, 3.63) is 46.3 Å². The lowest BCUT2D eigenvalue weighted by atomic mass is 10.2. The summed E-state index contributed by atoms with van der Waals surface area (Å²) in [4.78, 5) is 23.4. The minimum atomic E-state index is -0.566. The molecule has 2 rings (SSSR count). The topological polar surface area (TPSA) is 81.4 Å². The Bertz CT molecular complexity index is 681. The number of nitrogens with zero attached hydrogens (tertiary/aromatic N) is 1. The van der Waals surface area contributed by atoms with Crippen LogP contribution in [0.2, 0.25) is 5.02 Å². The van der Waals surface area contributed by atoms with E-state index in [0.29, 0.717) is 17.1 Å². The van der Waals surface area contributed by atoms with E-state index in [1.807, 2.05) is 0 Å². The average molecular weight is 309 g/mol. The molecular formula is C14H13ClN2O4. The van der Waals surface area contributed by atoms with Crippen LogP contribution >= 0.6 is 11.6 Å². The molecule has 0 atom stereocenters. The number of benzene rings is 1. The van der Waals surface area contributed by atoms with Gasteiger partial charge in [-0.1, -0.05) is 16.8 Å². The molecule has 0 spiro atoms. The quantitative estimate of drug-likeness (QED) is 0.878. The zero-order valence-corrected chi connectivity index (χ0v) is 12.2. The van der Waals surface area contributed by atoms with Gasteiger partial charge in [0, 0.05) is 11.8 Å². The van der Waals surface area contributed by atoms with Crippen LogP contribution < -0.4 is 5.32 Å². The molecule has 0 unspecified atom stereocenters. The van der Waals surface area contributed by atoms with Crippen molar-refractivity contribution in [3.8, 4) is 0 Å². The maximum atomic E-state index is 11.9. The number of carbonyl (C=O) groups excluding carboxylic acids is 2. The summed E-state index contributed by atoms with van der Waals surface area (Å²) in [7, 11) is 1.26. The predicted octanol–water partition coefficient (Wildman–Crippen LogP) is 2.60. The summed E-state index contributed by atoms with van der Waals surface area (Å²) in [6.07, 6.45) is 0.0769. The molecule has 0 fully saturated rings. The van der Waals surface area contributed by atoms with Gasteiger partial charge in [0.1, 0.15) is 5.76 Å². The normalized spacial score (nSPS) is 10.2. The van der Waals surface area contributed by atoms with Crippen molar-refractivity contribution in [2.24, 2.45) is 0 Å². The van der Waals surface area contributed by atoms with Gasteiger partial charge in [-0.25, -0.2) is 4.79 Å². The van der Waals surface area contributed by atoms with E-state index >= 15 is 0 Å². The van der Waals surface area contributed by atoms with Gasteiger partial charge in [0.25, 0.3) is 0 Å². The van der Waals surface area contributed by atoms with Gasteiger partial charge in [-0.15, -0.1) is 0 Å². The average Bonchev–Trinajstić information content (AvgIpc) is 2.85. The summed E-state index contributed by atoms with van der Waals surface area (Å²) >= 11 is 5.90. The SMILES string of the molecule is COC(=O)c1cc(NC(=O)Cc2cc(C)on2)ccc1Cl. The molecule has 1 aromatic carbocycles. The highest BCUT2D eigenvalue weighted by atomic mass is 35.5. The Morgan fingerprint density at radius 1 is 1.38 bits per heavy atom. The van der Waals surface area contributed by atoms with E-state index in [9.17, 15) is 9.59 Å². The third kappa shape index (κ3) is 3.82. The van der Waals surface area contributed by atoms with Crippen LogP contribution in [0.3, 0.4) is 0 Å². The van der Waals surface area contributed by atoms with Gasteiger partial charge in [0.2, 0.25) is 5.91 Å². The summed E-state index contributed by atoms with van der Waals surface area (Å²) in [6.45, 7) is 1.75. The summed E-state index contributed by atoms with van der Waals surface area (Å²) in [5.41, 5.74) is 1.17. The molecule has 1 heterocycles. The summed E-state index contributed by atoms with van der Waals surface area (Å²) < 4.78 is 9.50. The Labute approximate surface area is 126 Å². The summed E-state index contributed by atoms with van der Waals surface area (Å²) in [6, 6.07) is 6.26. The van der Waals surface area contributed by atoms with Gasteiger partial charge < -0.3 is 14.6 Å². The molecule has 0 saturated heterocycles. The molecule has 0 aliphatic rings. The Balaban J connectivity index is 2.08. The predicted molar refractivity (Wildman–Crippen MR) is 76.4 cm³/mol. The molecule has 0 bridgehead atoms. The number of rotatable bonds is 4. The minimum Gasteiger partial charge on any atom is -0.465 e. The van der Waals surface area contributed by atoms with Crippen molar-refractivity contribution in [2.45, 2.75) is 13.3 Å². The van der Waals surface area contributed by atoms with E-state index in [4.69, 9.17) is 16.1 Å². The summed E-state index contributed by atoms with van der Waals surface area (Å²) in [5.74, 6) is -0.207. The first-order valence-electron chi connectivity index (χ1n) is 6.09. The molecule has 1 N–H and O–H groups in total. The first-order chi connectivity index (χ1) is 9.99. The standard InChI is InChI=1S/C14H13ClN2O4/c1-8-5-10(17-21-8)7-13(18)16-9-3-4-12(15)11(6-9)14(19)20-2/h3-6H,7H2,1-2H3,(H,16,18). The van der Waals surface area contributed by atoms with Crippen LogP contribution in [-0.4, -0.2) is 24.1 Å². The maximum Gasteiger partial charge on any atom is 0.339 e. The Morgan fingerprint density at radius 3 is 2.76 bits per heavy atom. The highest BCUT2D eigenvalue weighted by Crippen LogP contribution is 2.21. The van der Waals surface area contributed by atoms with E-state index in [1.54, 1.807) is 19.1 Å². The molecule has 1 aromatic heterocycles. The Morgan fingerprint density at radius 2 is 2.14 bits per heavy atom. The zero-order valence-electron chi connectivity index (χ0n) is 11.5. The van der Waals surface area contributed by atoms with Crippen LogP contribution in [0.5, 0.6) is 0 Å². The fourth-order valence-corrected chi connectivity index (χ4v) is 1.94. The van der Waals surface area contributed by atoms with Crippen LogP contribution in [-0.2, 0) is 16.0 Å². The Hall–Kier alpha value is -2.34. The van der Waals surface area contributed by atoms with Crippen LogP contribution in [0.1, 0.15) is 21.8 Å². The number of aryl methyl sites for hydroxylation is 1. The highest BCUT2D eigenvalue weighted by molar-refractivity contribution is 6.33. The van der Waals surface area contributed by atoms with E-state index in [0.717, 1.165) is 0 Å². The zero-order chi connectivity index (χ0) is 15.4. The lowest BCUT2D eigenvalue weighted by Crippen LogP contribution is -2.15. The lowest BCUT2D eigenvalue weighted by molar-refractivity contribution is -0.115. The second-order valence-electron chi connectivity index (χ2n) is 4.34. The molecule has 0 saturated carbocycles. The number of carbonyl (C=O) groups is 2. The third-order valence-electron chi connectivity index (χ3n) is 2.67. The van der Waals surface area contributed by atoms with Crippen molar-refractivity contribution < 1.29 is 18.8 Å². The fourth-order valence-electron chi connectivity index (χ4n) is 1.74. The molecule has 6 nitrogen and oxygen atoms in total. The molecule has 7 heteroatoms. The van der Waals surface area contributed by atoms with Gasteiger partial charge in [-0.2, -0.15) is 0 Å². The smallest absolute Gasteiger partial charge is 0.339 e. The number of hydrogen-bond donors (Lipinski definition) is 1. The van der Waals surface area contributed by atoms with Crippen molar-refractivity contribution in [1.82, 2.24) is 5.16 Å². The lowest BCUT2D eigenvalue weighted by Gasteiger charge is -2.07. The molecule has 1 amide bonds. The molecule has 110 valence electrons. The molecule has 2 aromatic rings. The first kappa shape index (κ1) is 15.1. The fraction of sp³-hybridized carbons (Fsp3) is 0.214. The number of hydrogen-bond acceptors (Lipinski definition) is 5. The van der Waals surface area contributed by atoms with Crippen LogP contribution in [0, 0.1) is 6.92 Å². The van der Waals surface area contributed by atoms with Crippen molar-refractivity contribution in [2.75, 3.05) is 12.4 Å². The second kappa shape index (κ2) is 6.41. The molecule has 0 aliphatic heterocycles.